The van der Waals surface area contributed by atoms with Gasteiger partial charge in [0.2, 0.25) is 5.89 Å². The molecule has 0 bridgehead atoms. The van der Waals surface area contributed by atoms with Crippen molar-refractivity contribution in [2.24, 2.45) is 0 Å². The lowest BCUT2D eigenvalue weighted by atomic mass is 10.2. The molecule has 27 heavy (non-hydrogen) atoms. The fourth-order valence-electron chi connectivity index (χ4n) is 2.63. The van der Waals surface area contributed by atoms with Gasteiger partial charge in [0.25, 0.3) is 5.91 Å². The smallest absolute Gasteiger partial charge is 0.258 e. The van der Waals surface area contributed by atoms with Gasteiger partial charge in [0.05, 0.1) is 16.1 Å². The Hall–Kier alpha value is -2.89. The van der Waals surface area contributed by atoms with Crippen LogP contribution in [0.2, 0.25) is 10.0 Å². The molecule has 4 rings (SSSR count). The largest absolute Gasteiger partial charge is 0.436 e. The number of carbonyl (C=O) groups is 1. The molecule has 0 unspecified atom stereocenters. The molecule has 1 N–H and O–H groups in total. The minimum atomic E-state index is -0.586. The topological polar surface area (TPSA) is 55.1 Å². The van der Waals surface area contributed by atoms with Crippen LogP contribution in [0.25, 0.3) is 22.6 Å². The van der Waals surface area contributed by atoms with Crippen molar-refractivity contribution in [2.45, 2.75) is 0 Å². The molecule has 0 aliphatic carbocycles. The summed E-state index contributed by atoms with van der Waals surface area (Å²) in [5.74, 6) is -0.793. The molecule has 7 heteroatoms. The first-order valence-corrected chi connectivity index (χ1v) is 8.69. The third-order valence-electron chi connectivity index (χ3n) is 3.93. The van der Waals surface area contributed by atoms with Gasteiger partial charge in [-0.2, -0.15) is 0 Å². The summed E-state index contributed by atoms with van der Waals surface area (Å²) in [6.45, 7) is 0. The van der Waals surface area contributed by atoms with Gasteiger partial charge in [-0.25, -0.2) is 9.37 Å². The van der Waals surface area contributed by atoms with Gasteiger partial charge in [-0.3, -0.25) is 4.79 Å². The summed E-state index contributed by atoms with van der Waals surface area (Å²) >= 11 is 12.1. The van der Waals surface area contributed by atoms with Crippen molar-refractivity contribution in [1.29, 1.82) is 0 Å². The Kier molecular flexibility index (Phi) is 4.56. The summed E-state index contributed by atoms with van der Waals surface area (Å²) in [5.41, 5.74) is 2.10. The zero-order chi connectivity index (χ0) is 19.0. The van der Waals surface area contributed by atoms with Crippen LogP contribution in [-0.4, -0.2) is 10.9 Å². The molecule has 0 aliphatic heterocycles. The molecule has 0 atom stereocenters. The molecular weight excluding hydrogens is 390 g/mol. The van der Waals surface area contributed by atoms with Gasteiger partial charge >= 0.3 is 0 Å². The fourth-order valence-corrected chi connectivity index (χ4v) is 3.12. The number of rotatable bonds is 3. The van der Waals surface area contributed by atoms with Gasteiger partial charge in [0.15, 0.2) is 5.58 Å². The number of anilines is 1. The molecular formula is C20H11Cl2FN2O2. The number of nitrogens with zero attached hydrogens (tertiary/aromatic N) is 1. The first-order chi connectivity index (χ1) is 13.0. The number of aromatic nitrogens is 1. The van der Waals surface area contributed by atoms with Gasteiger partial charge in [-0.1, -0.05) is 35.3 Å². The van der Waals surface area contributed by atoms with E-state index in [1.54, 1.807) is 42.5 Å². The average Bonchev–Trinajstić information content (AvgIpc) is 3.05. The fraction of sp³-hybridized carbons (Fsp3) is 0. The normalized spacial score (nSPS) is 10.9. The van der Waals surface area contributed by atoms with E-state index in [4.69, 9.17) is 27.6 Å². The van der Waals surface area contributed by atoms with Crippen LogP contribution in [0.15, 0.2) is 65.1 Å². The zero-order valence-electron chi connectivity index (χ0n) is 13.7. The lowest BCUT2D eigenvalue weighted by molar-refractivity contribution is 0.102. The van der Waals surface area contributed by atoms with Crippen molar-refractivity contribution in [3.05, 3.63) is 82.1 Å². The van der Waals surface area contributed by atoms with E-state index in [2.05, 4.69) is 10.3 Å². The molecule has 3 aromatic carbocycles. The Bertz CT molecular complexity index is 1170. The second-order valence-corrected chi connectivity index (χ2v) is 6.60. The molecule has 0 saturated carbocycles. The zero-order valence-corrected chi connectivity index (χ0v) is 15.2. The summed E-state index contributed by atoms with van der Waals surface area (Å²) in [4.78, 5) is 16.7. The lowest BCUT2D eigenvalue weighted by Gasteiger charge is -2.05. The molecule has 0 saturated heterocycles. The van der Waals surface area contributed by atoms with E-state index in [9.17, 15) is 9.18 Å². The van der Waals surface area contributed by atoms with E-state index in [1.165, 1.54) is 18.2 Å². The molecule has 4 aromatic rings. The highest BCUT2D eigenvalue weighted by Crippen LogP contribution is 2.32. The monoisotopic (exact) mass is 400 g/mol. The van der Waals surface area contributed by atoms with E-state index in [-0.39, 0.29) is 5.56 Å². The highest BCUT2D eigenvalue weighted by Gasteiger charge is 2.14. The Morgan fingerprint density at radius 1 is 1.04 bits per heavy atom. The highest BCUT2D eigenvalue weighted by atomic mass is 35.5. The van der Waals surface area contributed by atoms with Crippen LogP contribution in [0.3, 0.4) is 0 Å². The number of hydrogen-bond donors (Lipinski definition) is 1. The Morgan fingerprint density at radius 2 is 1.85 bits per heavy atom. The van der Waals surface area contributed by atoms with Crippen molar-refractivity contribution >= 4 is 45.9 Å². The van der Waals surface area contributed by atoms with E-state index in [0.29, 0.717) is 38.3 Å². The van der Waals surface area contributed by atoms with Crippen molar-refractivity contribution < 1.29 is 13.6 Å². The van der Waals surface area contributed by atoms with Gasteiger partial charge in [0, 0.05) is 10.7 Å². The molecule has 0 spiro atoms. The lowest BCUT2D eigenvalue weighted by Crippen LogP contribution is -2.13. The number of benzene rings is 3. The molecule has 0 fully saturated rings. The molecule has 1 amide bonds. The quantitative estimate of drug-likeness (QED) is 0.445. The maximum atomic E-state index is 13.7. The van der Waals surface area contributed by atoms with Crippen LogP contribution in [0.1, 0.15) is 10.4 Å². The maximum Gasteiger partial charge on any atom is 0.258 e. The minimum Gasteiger partial charge on any atom is -0.436 e. The van der Waals surface area contributed by atoms with Crippen LogP contribution in [0.5, 0.6) is 0 Å². The number of carbonyl (C=O) groups excluding carboxylic acids is 1. The van der Waals surface area contributed by atoms with Crippen molar-refractivity contribution in [2.75, 3.05) is 5.32 Å². The van der Waals surface area contributed by atoms with Crippen molar-refractivity contribution in [1.82, 2.24) is 4.98 Å². The van der Waals surface area contributed by atoms with Crippen LogP contribution in [0.4, 0.5) is 10.1 Å². The van der Waals surface area contributed by atoms with Gasteiger partial charge in [-0.05, 0) is 48.5 Å². The Labute approximate surface area is 163 Å². The van der Waals surface area contributed by atoms with E-state index in [0.717, 1.165) is 0 Å². The highest BCUT2D eigenvalue weighted by molar-refractivity contribution is 6.36. The predicted molar refractivity (Wildman–Crippen MR) is 104 cm³/mol. The molecule has 0 radical (unpaired) electrons. The summed E-state index contributed by atoms with van der Waals surface area (Å²) in [5, 5.41) is 3.59. The van der Waals surface area contributed by atoms with Crippen LogP contribution in [-0.2, 0) is 0 Å². The summed E-state index contributed by atoms with van der Waals surface area (Å²) in [6.07, 6.45) is 0. The summed E-state index contributed by atoms with van der Waals surface area (Å²) in [6, 6.07) is 15.8. The molecule has 0 aliphatic rings. The van der Waals surface area contributed by atoms with Crippen molar-refractivity contribution in [3.63, 3.8) is 0 Å². The second-order valence-electron chi connectivity index (χ2n) is 5.76. The van der Waals surface area contributed by atoms with Gasteiger partial charge in [-0.15, -0.1) is 0 Å². The first-order valence-electron chi connectivity index (χ1n) is 7.93. The number of oxazole rings is 1. The molecule has 1 heterocycles. The number of nitrogens with one attached hydrogen (secondary N) is 1. The van der Waals surface area contributed by atoms with E-state index < -0.39 is 11.7 Å². The molecule has 1 aromatic heterocycles. The van der Waals surface area contributed by atoms with Gasteiger partial charge in [0.1, 0.15) is 11.3 Å². The Balaban J connectivity index is 1.65. The number of halogens is 3. The number of amides is 1. The standard InChI is InChI=1S/C20H11Cl2FN2O2/c21-11-5-7-13(15(22)9-11)20-25-17-10-12(6-8-18(17)27-20)24-19(26)14-3-1-2-4-16(14)23/h1-10H,(H,24,26). The molecule has 4 nitrogen and oxygen atoms in total. The van der Waals surface area contributed by atoms with Crippen LogP contribution < -0.4 is 5.32 Å². The van der Waals surface area contributed by atoms with Crippen LogP contribution in [0, 0.1) is 5.82 Å². The van der Waals surface area contributed by atoms with Gasteiger partial charge < -0.3 is 9.73 Å². The maximum absolute atomic E-state index is 13.7. The van der Waals surface area contributed by atoms with Crippen molar-refractivity contribution in [3.8, 4) is 11.5 Å². The third kappa shape index (κ3) is 3.52. The number of fused-ring (bicyclic) bond motifs is 1. The first kappa shape index (κ1) is 17.5. The third-order valence-corrected chi connectivity index (χ3v) is 4.47. The predicted octanol–water partition coefficient (Wildman–Crippen LogP) is 6.19. The minimum absolute atomic E-state index is 0.0358. The average molecular weight is 401 g/mol. The summed E-state index contributed by atoms with van der Waals surface area (Å²) < 4.78 is 19.5. The second kappa shape index (κ2) is 7.02. The Morgan fingerprint density at radius 3 is 2.63 bits per heavy atom. The number of hydrogen-bond acceptors (Lipinski definition) is 3. The van der Waals surface area contributed by atoms with E-state index in [1.807, 2.05) is 0 Å². The van der Waals surface area contributed by atoms with Crippen LogP contribution >= 0.6 is 23.2 Å². The molecule has 134 valence electrons. The summed E-state index contributed by atoms with van der Waals surface area (Å²) in [7, 11) is 0. The SMILES string of the molecule is O=C(Nc1ccc2oc(-c3ccc(Cl)cc3Cl)nc2c1)c1ccccc1F. The van der Waals surface area contributed by atoms with E-state index >= 15 is 0 Å².